The lowest BCUT2D eigenvalue weighted by Crippen LogP contribution is -2.43. The van der Waals surface area contributed by atoms with Crippen molar-refractivity contribution in [3.8, 4) is 5.75 Å². The van der Waals surface area contributed by atoms with Crippen LogP contribution in [0.4, 0.5) is 18.9 Å². The maximum absolute atomic E-state index is 12.1. The number of hydrogen-bond acceptors (Lipinski definition) is 3. The van der Waals surface area contributed by atoms with Crippen LogP contribution in [0.15, 0.2) is 24.3 Å². The molecular weight excluding hydrogens is 269 g/mol. The summed E-state index contributed by atoms with van der Waals surface area (Å²) in [5.41, 5.74) is 0.959. The van der Waals surface area contributed by atoms with Crippen molar-refractivity contribution in [2.75, 3.05) is 37.7 Å². The first kappa shape index (κ1) is 15.0. The van der Waals surface area contributed by atoms with Crippen molar-refractivity contribution in [2.45, 2.75) is 19.0 Å². The molecule has 1 aromatic rings. The molecule has 1 fully saturated rings. The highest BCUT2D eigenvalue weighted by molar-refractivity contribution is 5.58. The van der Waals surface area contributed by atoms with Crippen LogP contribution in [-0.4, -0.2) is 39.0 Å². The van der Waals surface area contributed by atoms with E-state index in [-0.39, 0.29) is 13.0 Å². The zero-order valence-electron chi connectivity index (χ0n) is 11.2. The molecule has 0 amide bonds. The molecule has 0 atom stereocenters. The Hall–Kier alpha value is -1.43. The number of nitrogens with zero attached hydrogens (tertiary/aromatic N) is 1. The van der Waals surface area contributed by atoms with E-state index in [0.29, 0.717) is 5.75 Å². The van der Waals surface area contributed by atoms with E-state index in [0.717, 1.165) is 31.9 Å². The number of para-hydroxylation sites is 2. The van der Waals surface area contributed by atoms with Gasteiger partial charge in [0.25, 0.3) is 0 Å². The van der Waals surface area contributed by atoms with Gasteiger partial charge in [-0.2, -0.15) is 13.2 Å². The SMILES string of the molecule is FC(F)(F)CCCOc1ccccc1N1CCNCC1. The number of nitrogens with one attached hydrogen (secondary N) is 1. The van der Waals surface area contributed by atoms with E-state index in [1.165, 1.54) is 0 Å². The highest BCUT2D eigenvalue weighted by Crippen LogP contribution is 2.29. The Morgan fingerprint density at radius 3 is 2.55 bits per heavy atom. The fourth-order valence-corrected chi connectivity index (χ4v) is 2.20. The van der Waals surface area contributed by atoms with Gasteiger partial charge in [0.05, 0.1) is 12.3 Å². The number of alkyl halides is 3. The number of benzene rings is 1. The Morgan fingerprint density at radius 1 is 1.15 bits per heavy atom. The van der Waals surface area contributed by atoms with Crippen LogP contribution in [0.2, 0.25) is 0 Å². The molecule has 0 saturated carbocycles. The van der Waals surface area contributed by atoms with Gasteiger partial charge in [-0.05, 0) is 18.6 Å². The van der Waals surface area contributed by atoms with Crippen molar-refractivity contribution >= 4 is 5.69 Å². The molecule has 0 radical (unpaired) electrons. The Kier molecular flexibility index (Phi) is 5.11. The third kappa shape index (κ3) is 4.59. The van der Waals surface area contributed by atoms with Crippen molar-refractivity contribution in [3.63, 3.8) is 0 Å². The van der Waals surface area contributed by atoms with Crippen molar-refractivity contribution in [1.29, 1.82) is 0 Å². The fraction of sp³-hybridized carbons (Fsp3) is 0.571. The van der Waals surface area contributed by atoms with Gasteiger partial charge in [0, 0.05) is 32.6 Å². The molecular formula is C14H19F3N2O. The predicted octanol–water partition coefficient (Wildman–Crippen LogP) is 2.82. The number of anilines is 1. The maximum Gasteiger partial charge on any atom is 0.389 e. The van der Waals surface area contributed by atoms with Crippen LogP contribution >= 0.6 is 0 Å². The van der Waals surface area contributed by atoms with Crippen molar-refractivity contribution in [1.82, 2.24) is 5.32 Å². The minimum atomic E-state index is -4.11. The Balaban J connectivity index is 1.90. The molecule has 6 heteroatoms. The van der Waals surface area contributed by atoms with E-state index < -0.39 is 12.6 Å². The normalized spacial score (nSPS) is 16.2. The first-order valence-corrected chi connectivity index (χ1v) is 6.80. The van der Waals surface area contributed by atoms with Crippen molar-refractivity contribution in [2.24, 2.45) is 0 Å². The Morgan fingerprint density at radius 2 is 1.85 bits per heavy atom. The van der Waals surface area contributed by atoms with Crippen molar-refractivity contribution < 1.29 is 17.9 Å². The van der Waals surface area contributed by atoms with E-state index >= 15 is 0 Å². The molecule has 3 nitrogen and oxygen atoms in total. The average molecular weight is 288 g/mol. The van der Waals surface area contributed by atoms with Gasteiger partial charge >= 0.3 is 6.18 Å². The number of ether oxygens (including phenoxy) is 1. The number of hydrogen-bond donors (Lipinski definition) is 1. The molecule has 1 aliphatic rings. The summed E-state index contributed by atoms with van der Waals surface area (Å²) in [4.78, 5) is 2.19. The van der Waals surface area contributed by atoms with Crippen LogP contribution < -0.4 is 15.0 Å². The maximum atomic E-state index is 12.1. The number of halogens is 3. The molecule has 0 unspecified atom stereocenters. The molecule has 0 spiro atoms. The lowest BCUT2D eigenvalue weighted by atomic mass is 10.2. The van der Waals surface area contributed by atoms with Crippen LogP contribution in [-0.2, 0) is 0 Å². The summed E-state index contributed by atoms with van der Waals surface area (Å²) >= 11 is 0. The standard InChI is InChI=1S/C14H19F3N2O/c15-14(16,17)6-3-11-20-13-5-2-1-4-12(13)19-9-7-18-8-10-19/h1-2,4-5,18H,3,6-11H2. The zero-order chi connectivity index (χ0) is 14.4. The first-order chi connectivity index (χ1) is 9.56. The second-order valence-electron chi connectivity index (χ2n) is 4.77. The fourth-order valence-electron chi connectivity index (χ4n) is 2.20. The molecule has 112 valence electrons. The van der Waals surface area contributed by atoms with Gasteiger partial charge in [0.15, 0.2) is 0 Å². The van der Waals surface area contributed by atoms with Crippen LogP contribution in [0.3, 0.4) is 0 Å². The number of piperazine rings is 1. The molecule has 20 heavy (non-hydrogen) atoms. The summed E-state index contributed by atoms with van der Waals surface area (Å²) in [7, 11) is 0. The van der Waals surface area contributed by atoms with Gasteiger partial charge < -0.3 is 15.0 Å². The largest absolute Gasteiger partial charge is 0.491 e. The van der Waals surface area contributed by atoms with E-state index in [2.05, 4.69) is 10.2 Å². The van der Waals surface area contributed by atoms with Gasteiger partial charge in [-0.25, -0.2) is 0 Å². The van der Waals surface area contributed by atoms with E-state index in [9.17, 15) is 13.2 Å². The van der Waals surface area contributed by atoms with E-state index in [1.807, 2.05) is 24.3 Å². The first-order valence-electron chi connectivity index (χ1n) is 6.80. The summed E-state index contributed by atoms with van der Waals surface area (Å²) in [6.45, 7) is 3.65. The van der Waals surface area contributed by atoms with Crippen molar-refractivity contribution in [3.05, 3.63) is 24.3 Å². The van der Waals surface area contributed by atoms with Gasteiger partial charge in [0.2, 0.25) is 0 Å². The third-order valence-electron chi connectivity index (χ3n) is 3.19. The number of rotatable bonds is 5. The quantitative estimate of drug-likeness (QED) is 0.843. The van der Waals surface area contributed by atoms with Crippen LogP contribution in [0.25, 0.3) is 0 Å². The highest BCUT2D eigenvalue weighted by atomic mass is 19.4. The lowest BCUT2D eigenvalue weighted by molar-refractivity contribution is -0.136. The molecule has 1 saturated heterocycles. The molecule has 1 heterocycles. The molecule has 1 N–H and O–H groups in total. The zero-order valence-corrected chi connectivity index (χ0v) is 11.2. The second kappa shape index (κ2) is 6.83. The van der Waals surface area contributed by atoms with Gasteiger partial charge in [0.1, 0.15) is 5.75 Å². The Labute approximate surface area is 116 Å². The molecule has 1 aliphatic heterocycles. The topological polar surface area (TPSA) is 24.5 Å². The molecule has 1 aromatic carbocycles. The van der Waals surface area contributed by atoms with E-state index in [4.69, 9.17) is 4.74 Å². The molecule has 0 bridgehead atoms. The highest BCUT2D eigenvalue weighted by Gasteiger charge is 2.26. The lowest BCUT2D eigenvalue weighted by Gasteiger charge is -2.30. The van der Waals surface area contributed by atoms with Gasteiger partial charge in [-0.1, -0.05) is 12.1 Å². The summed E-state index contributed by atoms with van der Waals surface area (Å²) < 4.78 is 41.8. The molecule has 2 rings (SSSR count). The summed E-state index contributed by atoms with van der Waals surface area (Å²) in [6, 6.07) is 7.51. The van der Waals surface area contributed by atoms with E-state index in [1.54, 1.807) is 0 Å². The van der Waals surface area contributed by atoms with Gasteiger partial charge in [-0.15, -0.1) is 0 Å². The third-order valence-corrected chi connectivity index (χ3v) is 3.19. The predicted molar refractivity (Wildman–Crippen MR) is 72.3 cm³/mol. The monoisotopic (exact) mass is 288 g/mol. The minimum absolute atomic E-state index is 0.0145. The second-order valence-corrected chi connectivity index (χ2v) is 4.77. The van der Waals surface area contributed by atoms with Crippen LogP contribution in [0.1, 0.15) is 12.8 Å². The van der Waals surface area contributed by atoms with Crippen LogP contribution in [0, 0.1) is 0 Å². The summed E-state index contributed by atoms with van der Waals surface area (Å²) in [5.74, 6) is 0.663. The minimum Gasteiger partial charge on any atom is -0.491 e. The molecule has 0 aliphatic carbocycles. The van der Waals surface area contributed by atoms with Crippen LogP contribution in [0.5, 0.6) is 5.75 Å². The summed E-state index contributed by atoms with van der Waals surface area (Å²) in [6.07, 6.45) is -4.93. The average Bonchev–Trinajstić information content (AvgIpc) is 2.44. The molecule has 0 aromatic heterocycles. The summed E-state index contributed by atoms with van der Waals surface area (Å²) in [5, 5.41) is 3.27. The van der Waals surface area contributed by atoms with Gasteiger partial charge in [-0.3, -0.25) is 0 Å². The smallest absolute Gasteiger partial charge is 0.389 e. The Bertz CT molecular complexity index is 417.